The molecular weight excluding hydrogens is 122 g/mol. The van der Waals surface area contributed by atoms with E-state index in [1.54, 1.807) is 0 Å². The molecule has 2 N–H and O–H groups in total. The Morgan fingerprint density at radius 2 is 2.10 bits per heavy atom. The van der Waals surface area contributed by atoms with Gasteiger partial charge in [0.05, 0.1) is 0 Å². The highest BCUT2D eigenvalue weighted by Gasteiger charge is 2.15. The van der Waals surface area contributed by atoms with Gasteiger partial charge in [0.15, 0.2) is 0 Å². The number of allylic oxidation sites excluding steroid dienone is 1. The van der Waals surface area contributed by atoms with Crippen LogP contribution in [0.25, 0.3) is 0 Å². The lowest BCUT2D eigenvalue weighted by Gasteiger charge is -2.21. The summed E-state index contributed by atoms with van der Waals surface area (Å²) in [5.74, 6) is 0. The molecule has 0 aromatic heterocycles. The van der Waals surface area contributed by atoms with Crippen LogP contribution in [0.4, 0.5) is 0 Å². The molecular formula is C9H17N. The third-order valence-corrected chi connectivity index (χ3v) is 1.60. The van der Waals surface area contributed by atoms with Crippen LogP contribution in [0.5, 0.6) is 0 Å². The van der Waals surface area contributed by atoms with Crippen molar-refractivity contribution in [2.75, 3.05) is 6.54 Å². The lowest BCUT2D eigenvalue weighted by Crippen LogP contribution is -2.23. The predicted molar refractivity (Wildman–Crippen MR) is 45.8 cm³/mol. The summed E-state index contributed by atoms with van der Waals surface area (Å²) in [7, 11) is 0. The molecule has 0 aliphatic carbocycles. The minimum absolute atomic E-state index is 0.203. The first-order valence-corrected chi connectivity index (χ1v) is 3.57. The van der Waals surface area contributed by atoms with Gasteiger partial charge < -0.3 is 5.73 Å². The standard InChI is InChI=1S/C9H17N/c1-5-8(2)6-9(3,4)7-10/h1,6-7,10H2,2-4H3. The lowest BCUT2D eigenvalue weighted by molar-refractivity contribution is 0.376. The molecule has 10 heavy (non-hydrogen) atoms. The molecule has 0 spiro atoms. The second kappa shape index (κ2) is 3.60. The average molecular weight is 139 g/mol. The third-order valence-electron chi connectivity index (χ3n) is 1.60. The molecule has 1 nitrogen and oxygen atoms in total. The molecule has 0 amide bonds. The molecule has 1 heteroatoms. The Morgan fingerprint density at radius 1 is 1.60 bits per heavy atom. The second-order valence-electron chi connectivity index (χ2n) is 3.50. The van der Waals surface area contributed by atoms with Gasteiger partial charge in [0.2, 0.25) is 0 Å². The first-order chi connectivity index (χ1) is 4.52. The highest BCUT2D eigenvalue weighted by Crippen LogP contribution is 2.22. The van der Waals surface area contributed by atoms with E-state index in [0.29, 0.717) is 6.54 Å². The van der Waals surface area contributed by atoms with Crippen LogP contribution < -0.4 is 5.73 Å². The van der Waals surface area contributed by atoms with Gasteiger partial charge >= 0.3 is 0 Å². The molecule has 0 aliphatic rings. The van der Waals surface area contributed by atoms with Gasteiger partial charge in [-0.1, -0.05) is 20.4 Å². The Bertz CT molecular complexity index is 150. The average Bonchev–Trinajstić information content (AvgIpc) is 1.87. The minimum atomic E-state index is 0.203. The van der Waals surface area contributed by atoms with Crippen molar-refractivity contribution in [3.05, 3.63) is 17.9 Å². The minimum Gasteiger partial charge on any atom is -0.330 e. The number of hydrogen-bond donors (Lipinski definition) is 1. The Balaban J connectivity index is 4.01. The van der Waals surface area contributed by atoms with E-state index in [0.717, 1.165) is 6.42 Å². The summed E-state index contributed by atoms with van der Waals surface area (Å²) in [5, 5.41) is 0. The highest BCUT2D eigenvalue weighted by molar-refractivity contribution is 4.98. The van der Waals surface area contributed by atoms with Crippen LogP contribution in [-0.2, 0) is 0 Å². The van der Waals surface area contributed by atoms with Gasteiger partial charge in [-0.2, -0.15) is 0 Å². The quantitative estimate of drug-likeness (QED) is 0.595. The summed E-state index contributed by atoms with van der Waals surface area (Å²) in [5.41, 5.74) is 9.81. The number of hydrogen-bond acceptors (Lipinski definition) is 1. The highest BCUT2D eigenvalue weighted by atomic mass is 14.6. The molecule has 0 radical (unpaired) electrons. The van der Waals surface area contributed by atoms with E-state index in [1.165, 1.54) is 5.57 Å². The van der Waals surface area contributed by atoms with Crippen LogP contribution in [0.3, 0.4) is 0 Å². The summed E-state index contributed by atoms with van der Waals surface area (Å²) in [6, 6.07) is 0. The van der Waals surface area contributed by atoms with Crippen LogP contribution in [0.1, 0.15) is 27.2 Å². The van der Waals surface area contributed by atoms with E-state index >= 15 is 0 Å². The predicted octanol–water partition coefficient (Wildman–Crippen LogP) is 2.09. The van der Waals surface area contributed by atoms with Gasteiger partial charge in [0, 0.05) is 0 Å². The maximum Gasteiger partial charge on any atom is -0.00225 e. The topological polar surface area (TPSA) is 26.0 Å². The Labute approximate surface area is 63.6 Å². The zero-order valence-corrected chi connectivity index (χ0v) is 7.20. The normalized spacial score (nSPS) is 10.8. The van der Waals surface area contributed by atoms with Gasteiger partial charge in [-0.25, -0.2) is 0 Å². The Hall–Kier alpha value is -0.520. The fourth-order valence-electron chi connectivity index (χ4n) is 0.852. The van der Waals surface area contributed by atoms with E-state index < -0.39 is 0 Å². The fraction of sp³-hybridized carbons (Fsp3) is 0.667. The lowest BCUT2D eigenvalue weighted by atomic mass is 9.86. The molecule has 0 saturated carbocycles. The monoisotopic (exact) mass is 139 g/mol. The summed E-state index contributed by atoms with van der Waals surface area (Å²) in [6.45, 7) is 10.6. The van der Waals surface area contributed by atoms with E-state index in [4.69, 9.17) is 5.73 Å². The summed E-state index contributed by atoms with van der Waals surface area (Å²) in [6.07, 6.45) is 0.993. The van der Waals surface area contributed by atoms with Crippen LogP contribution in [-0.4, -0.2) is 6.54 Å². The van der Waals surface area contributed by atoms with Crippen molar-refractivity contribution in [1.82, 2.24) is 0 Å². The van der Waals surface area contributed by atoms with Gasteiger partial charge in [-0.15, -0.1) is 5.73 Å². The molecule has 0 rings (SSSR count). The second-order valence-corrected chi connectivity index (χ2v) is 3.50. The molecule has 0 unspecified atom stereocenters. The van der Waals surface area contributed by atoms with Crippen LogP contribution >= 0.6 is 0 Å². The summed E-state index contributed by atoms with van der Waals surface area (Å²) >= 11 is 0. The number of rotatable bonds is 3. The van der Waals surface area contributed by atoms with Crippen molar-refractivity contribution in [2.45, 2.75) is 27.2 Å². The molecule has 0 aromatic carbocycles. The van der Waals surface area contributed by atoms with Gasteiger partial charge in [-0.05, 0) is 30.9 Å². The van der Waals surface area contributed by atoms with Crippen LogP contribution in [0.2, 0.25) is 0 Å². The Morgan fingerprint density at radius 3 is 2.40 bits per heavy atom. The van der Waals surface area contributed by atoms with Crippen LogP contribution in [0.15, 0.2) is 17.9 Å². The zero-order chi connectivity index (χ0) is 8.20. The van der Waals surface area contributed by atoms with Crippen LogP contribution in [0, 0.1) is 5.41 Å². The molecule has 0 atom stereocenters. The third kappa shape index (κ3) is 3.49. The van der Waals surface area contributed by atoms with E-state index in [9.17, 15) is 0 Å². The van der Waals surface area contributed by atoms with E-state index in [-0.39, 0.29) is 5.41 Å². The van der Waals surface area contributed by atoms with Crippen molar-refractivity contribution >= 4 is 0 Å². The van der Waals surface area contributed by atoms with E-state index in [1.807, 2.05) is 6.92 Å². The first kappa shape index (κ1) is 9.48. The fourth-order valence-corrected chi connectivity index (χ4v) is 0.852. The van der Waals surface area contributed by atoms with E-state index in [2.05, 4.69) is 26.2 Å². The zero-order valence-electron chi connectivity index (χ0n) is 7.20. The molecule has 0 aromatic rings. The van der Waals surface area contributed by atoms with Gasteiger partial charge in [-0.3, -0.25) is 0 Å². The van der Waals surface area contributed by atoms with Gasteiger partial charge in [0.25, 0.3) is 0 Å². The maximum atomic E-state index is 5.55. The molecule has 0 saturated heterocycles. The summed E-state index contributed by atoms with van der Waals surface area (Å²) in [4.78, 5) is 0. The Kier molecular flexibility index (Phi) is 3.41. The summed E-state index contributed by atoms with van der Waals surface area (Å²) < 4.78 is 0. The smallest absolute Gasteiger partial charge is 0.00225 e. The van der Waals surface area contributed by atoms with Crippen molar-refractivity contribution in [3.8, 4) is 0 Å². The van der Waals surface area contributed by atoms with Gasteiger partial charge in [0.1, 0.15) is 0 Å². The molecule has 0 aliphatic heterocycles. The van der Waals surface area contributed by atoms with Crippen molar-refractivity contribution < 1.29 is 0 Å². The van der Waals surface area contributed by atoms with Crippen molar-refractivity contribution in [3.63, 3.8) is 0 Å². The largest absolute Gasteiger partial charge is 0.330 e. The van der Waals surface area contributed by atoms with Crippen molar-refractivity contribution in [2.24, 2.45) is 11.1 Å². The SMILES string of the molecule is C=C=C(C)CC(C)(C)CN. The maximum absolute atomic E-state index is 5.55. The molecule has 0 heterocycles. The first-order valence-electron chi connectivity index (χ1n) is 3.57. The molecule has 0 fully saturated rings. The van der Waals surface area contributed by atoms with Crippen molar-refractivity contribution in [1.29, 1.82) is 0 Å². The molecule has 58 valence electrons. The molecule has 0 bridgehead atoms. The number of nitrogens with two attached hydrogens (primary N) is 1.